The minimum Gasteiger partial charge on any atom is -0.348 e. The van der Waals surface area contributed by atoms with E-state index in [2.05, 4.69) is 15.6 Å². The van der Waals surface area contributed by atoms with Gasteiger partial charge in [-0.1, -0.05) is 0 Å². The van der Waals surface area contributed by atoms with Crippen molar-refractivity contribution in [3.8, 4) is 0 Å². The second-order valence-corrected chi connectivity index (χ2v) is 4.27. The van der Waals surface area contributed by atoms with Gasteiger partial charge in [0, 0.05) is 11.6 Å². The SMILES string of the molecule is Cl.Cl.O=C(NCc1nccs1)C1CCCN1. The molecule has 0 saturated carbocycles. The molecule has 1 unspecified atom stereocenters. The number of nitrogens with zero attached hydrogens (tertiary/aromatic N) is 1. The van der Waals surface area contributed by atoms with Crippen LogP contribution in [0.3, 0.4) is 0 Å². The van der Waals surface area contributed by atoms with Gasteiger partial charge in [-0.05, 0) is 19.4 Å². The number of nitrogens with one attached hydrogen (secondary N) is 2. The van der Waals surface area contributed by atoms with Crippen molar-refractivity contribution < 1.29 is 4.79 Å². The molecule has 92 valence electrons. The third kappa shape index (κ3) is 4.25. The minimum absolute atomic E-state index is 0. The molecule has 2 N–H and O–H groups in total. The molecule has 4 nitrogen and oxygen atoms in total. The number of rotatable bonds is 3. The maximum Gasteiger partial charge on any atom is 0.237 e. The van der Waals surface area contributed by atoms with Crippen LogP contribution in [0.2, 0.25) is 0 Å². The van der Waals surface area contributed by atoms with Crippen molar-refractivity contribution >= 4 is 42.1 Å². The highest BCUT2D eigenvalue weighted by atomic mass is 35.5. The fourth-order valence-corrected chi connectivity index (χ4v) is 2.09. The summed E-state index contributed by atoms with van der Waals surface area (Å²) in [6, 6.07) is 0.00922. The molecule has 1 saturated heterocycles. The van der Waals surface area contributed by atoms with E-state index in [1.807, 2.05) is 5.38 Å². The van der Waals surface area contributed by atoms with Gasteiger partial charge in [0.1, 0.15) is 5.01 Å². The molecule has 0 spiro atoms. The molecule has 0 radical (unpaired) electrons. The van der Waals surface area contributed by atoms with Crippen LogP contribution in [-0.4, -0.2) is 23.5 Å². The van der Waals surface area contributed by atoms with Crippen LogP contribution in [0.25, 0.3) is 0 Å². The lowest BCUT2D eigenvalue weighted by molar-refractivity contribution is -0.122. The molecule has 1 aromatic rings. The average Bonchev–Trinajstić information content (AvgIpc) is 2.87. The molecule has 0 aromatic carbocycles. The number of carbonyl (C=O) groups is 1. The van der Waals surface area contributed by atoms with Crippen LogP contribution in [0, 0.1) is 0 Å². The smallest absolute Gasteiger partial charge is 0.237 e. The Morgan fingerprint density at radius 1 is 1.62 bits per heavy atom. The summed E-state index contributed by atoms with van der Waals surface area (Å²) in [6.07, 6.45) is 3.79. The Morgan fingerprint density at radius 2 is 2.44 bits per heavy atom. The number of aromatic nitrogens is 1. The topological polar surface area (TPSA) is 54.0 Å². The van der Waals surface area contributed by atoms with Crippen molar-refractivity contribution in [2.75, 3.05) is 6.54 Å². The average molecular weight is 284 g/mol. The Bertz CT molecular complexity index is 302. The van der Waals surface area contributed by atoms with E-state index in [1.165, 1.54) is 0 Å². The maximum absolute atomic E-state index is 11.5. The van der Waals surface area contributed by atoms with Crippen LogP contribution in [-0.2, 0) is 11.3 Å². The number of thiazole rings is 1. The van der Waals surface area contributed by atoms with E-state index in [0.717, 1.165) is 24.4 Å². The molecule has 2 heterocycles. The van der Waals surface area contributed by atoms with Gasteiger partial charge >= 0.3 is 0 Å². The van der Waals surface area contributed by atoms with Gasteiger partial charge in [0.15, 0.2) is 0 Å². The molecule has 2 rings (SSSR count). The lowest BCUT2D eigenvalue weighted by Crippen LogP contribution is -2.39. The Labute approximate surface area is 111 Å². The van der Waals surface area contributed by atoms with Gasteiger partial charge in [-0.3, -0.25) is 4.79 Å². The van der Waals surface area contributed by atoms with E-state index in [-0.39, 0.29) is 36.8 Å². The summed E-state index contributed by atoms with van der Waals surface area (Å²) in [7, 11) is 0. The first kappa shape index (κ1) is 15.6. The Kier molecular flexibility index (Phi) is 7.66. The molecule has 1 fully saturated rings. The van der Waals surface area contributed by atoms with E-state index in [0.29, 0.717) is 6.54 Å². The summed E-state index contributed by atoms with van der Waals surface area (Å²) < 4.78 is 0. The summed E-state index contributed by atoms with van der Waals surface area (Å²) in [4.78, 5) is 15.6. The fourth-order valence-electron chi connectivity index (χ4n) is 1.53. The Hall–Kier alpha value is -0.360. The van der Waals surface area contributed by atoms with Crippen LogP contribution in [0.15, 0.2) is 11.6 Å². The summed E-state index contributed by atoms with van der Waals surface area (Å²) in [5.41, 5.74) is 0. The van der Waals surface area contributed by atoms with Crippen LogP contribution < -0.4 is 10.6 Å². The summed E-state index contributed by atoms with van der Waals surface area (Å²) in [6.45, 7) is 1.50. The van der Waals surface area contributed by atoms with Crippen molar-refractivity contribution in [2.24, 2.45) is 0 Å². The van der Waals surface area contributed by atoms with Crippen molar-refractivity contribution in [2.45, 2.75) is 25.4 Å². The van der Waals surface area contributed by atoms with Gasteiger partial charge in [0.25, 0.3) is 0 Å². The number of amides is 1. The van der Waals surface area contributed by atoms with Crippen molar-refractivity contribution in [3.05, 3.63) is 16.6 Å². The van der Waals surface area contributed by atoms with Gasteiger partial charge in [0.05, 0.1) is 12.6 Å². The second-order valence-electron chi connectivity index (χ2n) is 3.29. The van der Waals surface area contributed by atoms with Crippen molar-refractivity contribution in [1.82, 2.24) is 15.6 Å². The zero-order chi connectivity index (χ0) is 9.80. The molecule has 16 heavy (non-hydrogen) atoms. The molecular formula is C9H15Cl2N3OS. The Morgan fingerprint density at radius 3 is 3.00 bits per heavy atom. The van der Waals surface area contributed by atoms with E-state index < -0.39 is 0 Å². The number of hydrogen-bond donors (Lipinski definition) is 2. The van der Waals surface area contributed by atoms with Crippen molar-refractivity contribution in [1.29, 1.82) is 0 Å². The first-order chi connectivity index (χ1) is 6.86. The second kappa shape index (κ2) is 7.84. The lowest BCUT2D eigenvalue weighted by atomic mass is 10.2. The molecule has 1 aliphatic rings. The van der Waals surface area contributed by atoms with Gasteiger partial charge in [-0.15, -0.1) is 36.2 Å². The predicted octanol–water partition coefficient (Wildman–Crippen LogP) is 1.35. The molecule has 1 amide bonds. The fraction of sp³-hybridized carbons (Fsp3) is 0.556. The molecule has 0 aliphatic carbocycles. The van der Waals surface area contributed by atoms with Gasteiger partial charge in [0.2, 0.25) is 5.91 Å². The molecule has 1 aromatic heterocycles. The van der Waals surface area contributed by atoms with Crippen LogP contribution in [0.4, 0.5) is 0 Å². The largest absolute Gasteiger partial charge is 0.348 e. The quantitative estimate of drug-likeness (QED) is 0.881. The third-order valence-electron chi connectivity index (χ3n) is 2.27. The number of hydrogen-bond acceptors (Lipinski definition) is 4. The highest BCUT2D eigenvalue weighted by molar-refractivity contribution is 7.09. The van der Waals surface area contributed by atoms with Gasteiger partial charge in [-0.2, -0.15) is 0 Å². The monoisotopic (exact) mass is 283 g/mol. The lowest BCUT2D eigenvalue weighted by Gasteiger charge is -2.09. The van der Waals surface area contributed by atoms with Crippen LogP contribution in [0.5, 0.6) is 0 Å². The van der Waals surface area contributed by atoms with E-state index in [4.69, 9.17) is 0 Å². The summed E-state index contributed by atoms with van der Waals surface area (Å²) >= 11 is 1.56. The summed E-state index contributed by atoms with van der Waals surface area (Å²) in [5.74, 6) is 0.0951. The molecule has 0 bridgehead atoms. The standard InChI is InChI=1S/C9H13N3OS.2ClH/c13-9(7-2-1-3-10-7)12-6-8-11-4-5-14-8;;/h4-5,7,10H,1-3,6H2,(H,12,13);2*1H. The van der Waals surface area contributed by atoms with E-state index in [9.17, 15) is 4.79 Å². The normalized spacial score (nSPS) is 18.4. The maximum atomic E-state index is 11.5. The van der Waals surface area contributed by atoms with Crippen molar-refractivity contribution in [3.63, 3.8) is 0 Å². The van der Waals surface area contributed by atoms with Crippen LogP contribution >= 0.6 is 36.2 Å². The van der Waals surface area contributed by atoms with E-state index in [1.54, 1.807) is 17.5 Å². The predicted molar refractivity (Wildman–Crippen MR) is 69.5 cm³/mol. The van der Waals surface area contributed by atoms with Gasteiger partial charge < -0.3 is 10.6 Å². The molecular weight excluding hydrogens is 269 g/mol. The zero-order valence-electron chi connectivity index (χ0n) is 8.64. The number of halogens is 2. The van der Waals surface area contributed by atoms with Crippen LogP contribution in [0.1, 0.15) is 17.8 Å². The van der Waals surface area contributed by atoms with E-state index >= 15 is 0 Å². The highest BCUT2D eigenvalue weighted by Gasteiger charge is 2.21. The highest BCUT2D eigenvalue weighted by Crippen LogP contribution is 2.06. The Balaban J connectivity index is 0.00000112. The molecule has 1 aliphatic heterocycles. The van der Waals surface area contributed by atoms with Gasteiger partial charge in [-0.25, -0.2) is 4.98 Å². The third-order valence-corrected chi connectivity index (χ3v) is 3.05. The molecule has 7 heteroatoms. The molecule has 1 atom stereocenters. The minimum atomic E-state index is 0. The summed E-state index contributed by atoms with van der Waals surface area (Å²) in [5, 5.41) is 8.90. The first-order valence-electron chi connectivity index (χ1n) is 4.76. The number of carbonyl (C=O) groups excluding carboxylic acids is 1. The first-order valence-corrected chi connectivity index (χ1v) is 5.64. The zero-order valence-corrected chi connectivity index (χ0v) is 11.1.